The summed E-state index contributed by atoms with van der Waals surface area (Å²) >= 11 is 0. The van der Waals surface area contributed by atoms with Gasteiger partial charge in [-0.1, -0.05) is 12.1 Å². The van der Waals surface area contributed by atoms with E-state index in [4.69, 9.17) is 9.90 Å². The molecule has 1 aromatic carbocycles. The fourth-order valence-corrected chi connectivity index (χ4v) is 2.93. The van der Waals surface area contributed by atoms with E-state index in [1.165, 1.54) is 12.1 Å². The zero-order valence-corrected chi connectivity index (χ0v) is 16.9. The van der Waals surface area contributed by atoms with Crippen LogP contribution in [0.1, 0.15) is 35.5 Å². The number of alkyl halides is 3. The lowest BCUT2D eigenvalue weighted by atomic mass is 10.1. The number of carboxylic acids is 1. The molecule has 3 rings (SSSR count). The van der Waals surface area contributed by atoms with Crippen molar-refractivity contribution in [1.82, 2.24) is 14.9 Å². The number of anilines is 1. The number of fused-ring (bicyclic) bond motifs is 1. The molecule has 0 unspecified atom stereocenters. The molecule has 0 saturated carbocycles. The number of halogens is 4. The first-order valence-corrected chi connectivity index (χ1v) is 9.44. The lowest BCUT2D eigenvalue weighted by molar-refractivity contribution is -0.192. The summed E-state index contributed by atoms with van der Waals surface area (Å²) in [5, 5.41) is 10.5. The van der Waals surface area contributed by atoms with Crippen LogP contribution in [0, 0.1) is 5.82 Å². The highest BCUT2D eigenvalue weighted by Gasteiger charge is 2.38. The van der Waals surface area contributed by atoms with E-state index >= 15 is 0 Å². The Morgan fingerprint density at radius 3 is 2.32 bits per heavy atom. The van der Waals surface area contributed by atoms with E-state index in [-0.39, 0.29) is 17.5 Å². The molecule has 0 saturated heterocycles. The molecule has 1 aliphatic rings. The molecular weight excluding hydrogens is 420 g/mol. The Kier molecular flexibility index (Phi) is 7.89. The molecule has 0 bridgehead atoms. The molecule has 0 radical (unpaired) electrons. The first-order chi connectivity index (χ1) is 14.5. The topological polar surface area (TPSA) is 95.4 Å². The SMILES string of the molecule is CC(C)Nc1ncnc2c1CCN(C(=O)c1ccccc1F)CC2.O=C(O)C(F)(F)F. The number of aliphatic carboxylic acids is 1. The number of nitrogens with zero attached hydrogens (tertiary/aromatic N) is 3. The molecule has 7 nitrogen and oxygen atoms in total. The van der Waals surface area contributed by atoms with E-state index in [0.717, 1.165) is 17.1 Å². The molecular formula is C20H22F4N4O3. The van der Waals surface area contributed by atoms with Gasteiger partial charge in [0.05, 0.1) is 11.3 Å². The minimum absolute atomic E-state index is 0.120. The Balaban J connectivity index is 0.000000423. The molecule has 168 valence electrons. The number of benzene rings is 1. The second kappa shape index (κ2) is 10.2. The van der Waals surface area contributed by atoms with Crippen molar-refractivity contribution in [2.24, 2.45) is 0 Å². The van der Waals surface area contributed by atoms with Gasteiger partial charge in [0.1, 0.15) is 18.0 Å². The minimum atomic E-state index is -5.08. The van der Waals surface area contributed by atoms with Crippen molar-refractivity contribution in [2.75, 3.05) is 18.4 Å². The highest BCUT2D eigenvalue weighted by Crippen LogP contribution is 2.22. The molecule has 2 N–H and O–H groups in total. The third-order valence-electron chi connectivity index (χ3n) is 4.34. The molecule has 2 aromatic rings. The van der Waals surface area contributed by atoms with Crippen LogP contribution in [0.3, 0.4) is 0 Å². The fourth-order valence-electron chi connectivity index (χ4n) is 2.93. The second-order valence-electron chi connectivity index (χ2n) is 7.02. The number of rotatable bonds is 3. The van der Waals surface area contributed by atoms with Crippen molar-refractivity contribution in [3.63, 3.8) is 0 Å². The monoisotopic (exact) mass is 442 g/mol. The summed E-state index contributed by atoms with van der Waals surface area (Å²) in [6, 6.07) is 6.38. The zero-order chi connectivity index (χ0) is 23.2. The summed E-state index contributed by atoms with van der Waals surface area (Å²) in [5.41, 5.74) is 2.13. The highest BCUT2D eigenvalue weighted by atomic mass is 19.4. The van der Waals surface area contributed by atoms with Crippen LogP contribution in [0.15, 0.2) is 30.6 Å². The van der Waals surface area contributed by atoms with Gasteiger partial charge in [-0.25, -0.2) is 19.2 Å². The average molecular weight is 442 g/mol. The molecule has 1 aliphatic heterocycles. The van der Waals surface area contributed by atoms with Gasteiger partial charge in [0.2, 0.25) is 0 Å². The first kappa shape index (κ1) is 24.0. The Morgan fingerprint density at radius 2 is 1.74 bits per heavy atom. The number of hydrogen-bond acceptors (Lipinski definition) is 5. The predicted octanol–water partition coefficient (Wildman–Crippen LogP) is 3.31. The number of carbonyl (C=O) groups is 2. The minimum Gasteiger partial charge on any atom is -0.475 e. The highest BCUT2D eigenvalue weighted by molar-refractivity contribution is 5.94. The van der Waals surface area contributed by atoms with E-state index in [0.29, 0.717) is 25.9 Å². The quantitative estimate of drug-likeness (QED) is 0.709. The number of nitrogens with one attached hydrogen (secondary N) is 1. The summed E-state index contributed by atoms with van der Waals surface area (Å²) < 4.78 is 45.6. The number of hydrogen-bond donors (Lipinski definition) is 2. The summed E-state index contributed by atoms with van der Waals surface area (Å²) in [7, 11) is 0. The lowest BCUT2D eigenvalue weighted by Gasteiger charge is -2.20. The fraction of sp³-hybridized carbons (Fsp3) is 0.400. The lowest BCUT2D eigenvalue weighted by Crippen LogP contribution is -2.33. The standard InChI is InChI=1S/C18H21FN4O.C2HF3O2/c1-12(2)22-17-14-7-9-23(10-8-16(14)20-11-21-17)18(24)13-5-3-4-6-15(13)19;3-2(4,5)1(6)7/h3-6,11-12H,7-10H2,1-2H3,(H,20,21,22);(H,6,7). The van der Waals surface area contributed by atoms with Gasteiger partial charge in [-0.3, -0.25) is 4.79 Å². The molecule has 1 aromatic heterocycles. The number of carboxylic acid groups (broad SMARTS) is 1. The molecule has 0 fully saturated rings. The molecule has 1 amide bonds. The van der Waals surface area contributed by atoms with E-state index in [9.17, 15) is 22.4 Å². The van der Waals surface area contributed by atoms with E-state index in [1.54, 1.807) is 23.4 Å². The summed E-state index contributed by atoms with van der Waals surface area (Å²) in [6.07, 6.45) is -2.23. The maximum absolute atomic E-state index is 13.9. The maximum Gasteiger partial charge on any atom is 0.490 e. The van der Waals surface area contributed by atoms with Gasteiger partial charge < -0.3 is 15.3 Å². The second-order valence-corrected chi connectivity index (χ2v) is 7.02. The summed E-state index contributed by atoms with van der Waals surface area (Å²) in [5.74, 6) is -2.68. The van der Waals surface area contributed by atoms with Gasteiger partial charge in [0, 0.05) is 31.1 Å². The Morgan fingerprint density at radius 1 is 1.13 bits per heavy atom. The average Bonchev–Trinajstić information content (AvgIpc) is 2.91. The number of carbonyl (C=O) groups excluding carboxylic acids is 1. The van der Waals surface area contributed by atoms with Gasteiger partial charge in [-0.05, 0) is 32.4 Å². The van der Waals surface area contributed by atoms with Crippen LogP contribution in [-0.2, 0) is 17.6 Å². The normalized spacial score (nSPS) is 13.6. The van der Waals surface area contributed by atoms with E-state index < -0.39 is 18.0 Å². The maximum atomic E-state index is 13.9. The summed E-state index contributed by atoms with van der Waals surface area (Å²) in [4.78, 5) is 31.9. The van der Waals surface area contributed by atoms with Gasteiger partial charge in [0.15, 0.2) is 0 Å². The molecule has 0 atom stereocenters. The van der Waals surface area contributed by atoms with Crippen LogP contribution in [0.2, 0.25) is 0 Å². The molecule has 2 heterocycles. The summed E-state index contributed by atoms with van der Waals surface area (Å²) in [6.45, 7) is 5.16. The van der Waals surface area contributed by atoms with Crippen LogP contribution in [-0.4, -0.2) is 57.2 Å². The van der Waals surface area contributed by atoms with Crippen molar-refractivity contribution in [2.45, 2.75) is 38.9 Å². The number of amides is 1. The van der Waals surface area contributed by atoms with Crippen LogP contribution in [0.5, 0.6) is 0 Å². The Hall–Kier alpha value is -3.24. The first-order valence-electron chi connectivity index (χ1n) is 9.44. The van der Waals surface area contributed by atoms with E-state index in [1.807, 2.05) is 0 Å². The van der Waals surface area contributed by atoms with E-state index in [2.05, 4.69) is 29.1 Å². The van der Waals surface area contributed by atoms with Crippen molar-refractivity contribution >= 4 is 17.7 Å². The van der Waals surface area contributed by atoms with Crippen molar-refractivity contribution in [3.05, 3.63) is 53.2 Å². The zero-order valence-electron chi connectivity index (χ0n) is 16.9. The van der Waals surface area contributed by atoms with Gasteiger partial charge in [-0.2, -0.15) is 13.2 Å². The van der Waals surface area contributed by atoms with Gasteiger partial charge in [-0.15, -0.1) is 0 Å². The van der Waals surface area contributed by atoms with Crippen LogP contribution < -0.4 is 5.32 Å². The molecule has 0 aliphatic carbocycles. The van der Waals surface area contributed by atoms with Crippen LogP contribution in [0.4, 0.5) is 23.4 Å². The van der Waals surface area contributed by atoms with Gasteiger partial charge in [0.25, 0.3) is 5.91 Å². The predicted molar refractivity (Wildman–Crippen MR) is 104 cm³/mol. The smallest absolute Gasteiger partial charge is 0.475 e. The van der Waals surface area contributed by atoms with Crippen molar-refractivity contribution < 1.29 is 32.3 Å². The molecule has 11 heteroatoms. The third-order valence-corrected chi connectivity index (χ3v) is 4.34. The number of aromatic nitrogens is 2. The van der Waals surface area contributed by atoms with Crippen molar-refractivity contribution in [3.8, 4) is 0 Å². The Labute approximate surface area is 176 Å². The molecule has 0 spiro atoms. The van der Waals surface area contributed by atoms with Crippen LogP contribution in [0.25, 0.3) is 0 Å². The van der Waals surface area contributed by atoms with Gasteiger partial charge >= 0.3 is 12.1 Å². The molecule has 31 heavy (non-hydrogen) atoms. The third kappa shape index (κ3) is 6.63. The van der Waals surface area contributed by atoms with Crippen LogP contribution >= 0.6 is 0 Å². The van der Waals surface area contributed by atoms with Crippen molar-refractivity contribution in [1.29, 1.82) is 0 Å². The largest absolute Gasteiger partial charge is 0.490 e. The Bertz CT molecular complexity index is 935.